The van der Waals surface area contributed by atoms with Gasteiger partial charge in [0.25, 0.3) is 0 Å². The van der Waals surface area contributed by atoms with Gasteiger partial charge in [0.2, 0.25) is 0 Å². The monoisotopic (exact) mass is 289 g/mol. The van der Waals surface area contributed by atoms with Crippen LogP contribution in [0.3, 0.4) is 0 Å². The molecule has 0 saturated heterocycles. The number of rotatable bonds is 15. The Morgan fingerprint density at radius 1 is 1.05 bits per heavy atom. The first-order valence-electron chi connectivity index (χ1n) is 8.28. The molecule has 0 aromatic rings. The van der Waals surface area contributed by atoms with Crippen LogP contribution in [0.2, 0.25) is 0 Å². The molecule has 0 fully saturated rings. The summed E-state index contributed by atoms with van der Waals surface area (Å²) < 4.78 is 5.48. The van der Waals surface area contributed by atoms with Crippen molar-refractivity contribution in [2.24, 2.45) is 5.92 Å². The van der Waals surface area contributed by atoms with Gasteiger partial charge >= 0.3 is 0 Å². The maximum atomic E-state index is 9.73. The second-order valence-corrected chi connectivity index (χ2v) is 5.77. The zero-order valence-electron chi connectivity index (χ0n) is 13.4. The lowest BCUT2D eigenvalue weighted by Crippen LogP contribution is -2.33. The predicted octanol–water partition coefficient (Wildman–Crippen LogP) is 2.33. The fourth-order valence-corrected chi connectivity index (χ4v) is 2.08. The normalized spacial score (nSPS) is 14.4. The molecule has 0 amide bonds. The van der Waals surface area contributed by atoms with Crippen LogP contribution in [0.25, 0.3) is 0 Å². The fraction of sp³-hybridized carbons (Fsp3) is 1.00. The summed E-state index contributed by atoms with van der Waals surface area (Å²) in [7, 11) is 0. The van der Waals surface area contributed by atoms with Gasteiger partial charge in [0.05, 0.1) is 12.7 Å². The van der Waals surface area contributed by atoms with E-state index in [1.165, 1.54) is 32.1 Å². The van der Waals surface area contributed by atoms with Crippen molar-refractivity contribution >= 4 is 0 Å². The number of hydrogen-bond donors (Lipinski definition) is 3. The van der Waals surface area contributed by atoms with E-state index in [1.807, 2.05) is 0 Å². The lowest BCUT2D eigenvalue weighted by Gasteiger charge is -2.15. The van der Waals surface area contributed by atoms with Crippen LogP contribution < -0.4 is 5.32 Å². The van der Waals surface area contributed by atoms with Crippen molar-refractivity contribution in [2.45, 2.75) is 64.9 Å². The average molecular weight is 289 g/mol. The molecule has 122 valence electrons. The lowest BCUT2D eigenvalue weighted by atomic mass is 10.1. The highest BCUT2D eigenvalue weighted by Gasteiger charge is 2.05. The Balaban J connectivity index is 3.22. The molecule has 2 atom stereocenters. The highest BCUT2D eigenvalue weighted by Crippen LogP contribution is 2.05. The van der Waals surface area contributed by atoms with Gasteiger partial charge in [0, 0.05) is 19.8 Å². The molecule has 0 aliphatic carbocycles. The number of nitrogens with one attached hydrogen (secondary N) is 1. The summed E-state index contributed by atoms with van der Waals surface area (Å²) in [6.07, 6.45) is 7.93. The molecule has 4 nitrogen and oxygen atoms in total. The summed E-state index contributed by atoms with van der Waals surface area (Å²) in [6.45, 7) is 7.10. The number of hydrogen-bond acceptors (Lipinski definition) is 4. The average Bonchev–Trinajstić information content (AvgIpc) is 2.42. The van der Waals surface area contributed by atoms with Crippen molar-refractivity contribution in [1.82, 2.24) is 5.32 Å². The number of unbranched alkanes of at least 4 members (excludes halogenated alkanes) is 5. The Morgan fingerprint density at radius 2 is 1.75 bits per heavy atom. The van der Waals surface area contributed by atoms with Crippen molar-refractivity contribution in [3.05, 3.63) is 0 Å². The molecule has 0 aromatic heterocycles. The first kappa shape index (κ1) is 19.8. The van der Waals surface area contributed by atoms with E-state index in [2.05, 4.69) is 19.2 Å². The van der Waals surface area contributed by atoms with Crippen molar-refractivity contribution in [2.75, 3.05) is 32.9 Å². The van der Waals surface area contributed by atoms with Gasteiger partial charge in [0.1, 0.15) is 0 Å². The van der Waals surface area contributed by atoms with Crippen LogP contribution in [-0.4, -0.2) is 49.2 Å². The zero-order valence-corrected chi connectivity index (χ0v) is 13.4. The van der Waals surface area contributed by atoms with E-state index in [0.29, 0.717) is 19.1 Å². The highest BCUT2D eigenvalue weighted by molar-refractivity contribution is 4.61. The molecule has 0 radical (unpaired) electrons. The molecule has 20 heavy (non-hydrogen) atoms. The minimum atomic E-state index is -0.434. The molecule has 2 unspecified atom stereocenters. The smallest absolute Gasteiger partial charge is 0.0897 e. The largest absolute Gasteiger partial charge is 0.396 e. The van der Waals surface area contributed by atoms with Gasteiger partial charge in [-0.1, -0.05) is 46.0 Å². The minimum Gasteiger partial charge on any atom is -0.396 e. The molecule has 0 aliphatic heterocycles. The van der Waals surface area contributed by atoms with Crippen LogP contribution in [-0.2, 0) is 4.74 Å². The first-order valence-corrected chi connectivity index (χ1v) is 8.28. The molecule has 4 heteroatoms. The molecular formula is C16H35NO3. The molecule has 0 heterocycles. The third-order valence-corrected chi connectivity index (χ3v) is 3.45. The van der Waals surface area contributed by atoms with Gasteiger partial charge in [-0.15, -0.1) is 0 Å². The van der Waals surface area contributed by atoms with Crippen LogP contribution in [0.15, 0.2) is 0 Å². The summed E-state index contributed by atoms with van der Waals surface area (Å²) in [5.41, 5.74) is 0. The van der Waals surface area contributed by atoms with Gasteiger partial charge < -0.3 is 20.3 Å². The molecule has 0 bridgehead atoms. The fourth-order valence-electron chi connectivity index (χ4n) is 2.08. The Labute approximate surface area is 124 Å². The SMILES string of the molecule is CCCCCCCCOCC(O)CNCC(C)CCO. The summed E-state index contributed by atoms with van der Waals surface area (Å²) >= 11 is 0. The lowest BCUT2D eigenvalue weighted by molar-refractivity contribution is 0.0350. The first-order chi connectivity index (χ1) is 9.70. The highest BCUT2D eigenvalue weighted by atomic mass is 16.5. The number of ether oxygens (including phenoxy) is 1. The summed E-state index contributed by atoms with van der Waals surface area (Å²) in [4.78, 5) is 0. The maximum Gasteiger partial charge on any atom is 0.0897 e. The molecule has 0 aliphatic rings. The minimum absolute atomic E-state index is 0.229. The summed E-state index contributed by atoms with van der Waals surface area (Å²) in [5, 5.41) is 21.7. The predicted molar refractivity (Wildman–Crippen MR) is 83.9 cm³/mol. The Morgan fingerprint density at radius 3 is 2.45 bits per heavy atom. The van der Waals surface area contributed by atoms with Gasteiger partial charge in [-0.3, -0.25) is 0 Å². The van der Waals surface area contributed by atoms with Crippen molar-refractivity contribution < 1.29 is 14.9 Å². The maximum absolute atomic E-state index is 9.73. The topological polar surface area (TPSA) is 61.7 Å². The van der Waals surface area contributed by atoms with E-state index in [-0.39, 0.29) is 6.61 Å². The van der Waals surface area contributed by atoms with Gasteiger partial charge in [-0.25, -0.2) is 0 Å². The molecule has 0 rings (SSSR count). The van der Waals surface area contributed by atoms with Crippen molar-refractivity contribution in [3.63, 3.8) is 0 Å². The van der Waals surface area contributed by atoms with E-state index in [4.69, 9.17) is 9.84 Å². The van der Waals surface area contributed by atoms with Crippen LogP contribution in [0, 0.1) is 5.92 Å². The summed E-state index contributed by atoms with van der Waals surface area (Å²) in [6, 6.07) is 0. The van der Waals surface area contributed by atoms with Crippen LogP contribution in [0.4, 0.5) is 0 Å². The van der Waals surface area contributed by atoms with Crippen LogP contribution in [0.1, 0.15) is 58.8 Å². The third kappa shape index (κ3) is 14.3. The van der Waals surface area contributed by atoms with Gasteiger partial charge in [-0.05, 0) is 25.3 Å². The number of aliphatic hydroxyl groups is 2. The van der Waals surface area contributed by atoms with Crippen LogP contribution in [0.5, 0.6) is 0 Å². The van der Waals surface area contributed by atoms with E-state index in [1.54, 1.807) is 0 Å². The van der Waals surface area contributed by atoms with Crippen LogP contribution >= 0.6 is 0 Å². The Hall–Kier alpha value is -0.160. The number of aliphatic hydroxyl groups excluding tert-OH is 2. The second kappa shape index (κ2) is 15.2. The van der Waals surface area contributed by atoms with E-state index in [0.717, 1.165) is 26.0 Å². The summed E-state index contributed by atoms with van der Waals surface area (Å²) in [5.74, 6) is 0.441. The molecule has 0 spiro atoms. The van der Waals surface area contributed by atoms with E-state index in [9.17, 15) is 5.11 Å². The van der Waals surface area contributed by atoms with Crippen molar-refractivity contribution in [1.29, 1.82) is 0 Å². The van der Waals surface area contributed by atoms with E-state index < -0.39 is 6.10 Å². The Kier molecular flexibility index (Phi) is 15.1. The molecule has 0 saturated carbocycles. The second-order valence-electron chi connectivity index (χ2n) is 5.77. The standard InChI is InChI=1S/C16H35NO3/c1-3-4-5-6-7-8-11-20-14-16(19)13-17-12-15(2)9-10-18/h15-19H,3-14H2,1-2H3. The zero-order chi connectivity index (χ0) is 15.1. The molecular weight excluding hydrogens is 254 g/mol. The third-order valence-electron chi connectivity index (χ3n) is 3.45. The quantitative estimate of drug-likeness (QED) is 0.405. The molecule has 3 N–H and O–H groups in total. The van der Waals surface area contributed by atoms with Gasteiger partial charge in [0.15, 0.2) is 0 Å². The van der Waals surface area contributed by atoms with Crippen molar-refractivity contribution in [3.8, 4) is 0 Å². The Bertz CT molecular complexity index is 191. The van der Waals surface area contributed by atoms with E-state index >= 15 is 0 Å². The van der Waals surface area contributed by atoms with Gasteiger partial charge in [-0.2, -0.15) is 0 Å². The molecule has 0 aromatic carbocycles.